The summed E-state index contributed by atoms with van der Waals surface area (Å²) >= 11 is 0. The molecule has 0 saturated carbocycles. The molecule has 0 atom stereocenters. The number of carbonyl (C=O) groups is 1. The molecule has 0 aliphatic heterocycles. The molecule has 0 saturated heterocycles. The summed E-state index contributed by atoms with van der Waals surface area (Å²) in [5.74, 6) is -0.469. The van der Waals surface area contributed by atoms with E-state index in [-0.39, 0.29) is 24.7 Å². The van der Waals surface area contributed by atoms with E-state index in [9.17, 15) is 17.6 Å². The smallest absolute Gasteiger partial charge is 0.221 e. The van der Waals surface area contributed by atoms with Crippen molar-refractivity contribution in [3.8, 4) is 0 Å². The molecule has 1 rings (SSSR count). The zero-order valence-electron chi connectivity index (χ0n) is 13.7. The molecule has 7 heteroatoms. The van der Waals surface area contributed by atoms with Gasteiger partial charge in [0.05, 0.1) is 6.26 Å². The van der Waals surface area contributed by atoms with Crippen LogP contribution in [-0.2, 0) is 21.2 Å². The molecule has 0 bridgehead atoms. The minimum absolute atomic E-state index is 0.139. The van der Waals surface area contributed by atoms with Crippen LogP contribution in [0.3, 0.4) is 0 Å². The van der Waals surface area contributed by atoms with Gasteiger partial charge in [0.2, 0.25) is 15.9 Å². The number of unbranched alkanes of at least 4 members (excludes halogenated alkanes) is 1. The molecule has 0 aliphatic rings. The highest BCUT2D eigenvalue weighted by Gasteiger charge is 2.16. The molecule has 0 radical (unpaired) electrons. The highest BCUT2D eigenvalue weighted by Crippen LogP contribution is 2.04. The second kappa shape index (κ2) is 9.62. The molecule has 0 aromatic heterocycles. The average Bonchev–Trinajstić information content (AvgIpc) is 2.48. The van der Waals surface area contributed by atoms with Crippen LogP contribution in [-0.4, -0.2) is 44.5 Å². The number of nitrogens with one attached hydrogen (secondary N) is 1. The van der Waals surface area contributed by atoms with Crippen LogP contribution in [0.5, 0.6) is 0 Å². The Hall–Kier alpha value is -1.47. The van der Waals surface area contributed by atoms with E-state index in [2.05, 4.69) is 5.32 Å². The van der Waals surface area contributed by atoms with Crippen molar-refractivity contribution >= 4 is 15.9 Å². The Morgan fingerprint density at radius 2 is 1.87 bits per heavy atom. The van der Waals surface area contributed by atoms with Gasteiger partial charge in [-0.05, 0) is 30.5 Å². The predicted octanol–water partition coefficient (Wildman–Crippen LogP) is 1.94. The third-order valence-corrected chi connectivity index (χ3v) is 4.77. The van der Waals surface area contributed by atoms with E-state index in [1.54, 1.807) is 12.1 Å². The number of sulfonamides is 1. The molecule has 1 aromatic rings. The van der Waals surface area contributed by atoms with E-state index in [1.165, 1.54) is 16.4 Å². The summed E-state index contributed by atoms with van der Waals surface area (Å²) < 4.78 is 37.4. The lowest BCUT2D eigenvalue weighted by Gasteiger charge is -2.19. The molecule has 0 aliphatic carbocycles. The van der Waals surface area contributed by atoms with Gasteiger partial charge in [-0.2, -0.15) is 0 Å². The van der Waals surface area contributed by atoms with E-state index < -0.39 is 10.0 Å². The van der Waals surface area contributed by atoms with Crippen LogP contribution in [0, 0.1) is 5.82 Å². The maximum Gasteiger partial charge on any atom is 0.221 e. The number of halogens is 1. The molecule has 23 heavy (non-hydrogen) atoms. The molecule has 130 valence electrons. The summed E-state index contributed by atoms with van der Waals surface area (Å²) in [5, 5.41) is 2.75. The Morgan fingerprint density at radius 3 is 2.43 bits per heavy atom. The van der Waals surface area contributed by atoms with E-state index in [1.807, 2.05) is 6.92 Å². The quantitative estimate of drug-likeness (QED) is 0.705. The first-order valence-electron chi connectivity index (χ1n) is 7.79. The van der Waals surface area contributed by atoms with E-state index in [0.717, 1.165) is 24.7 Å². The summed E-state index contributed by atoms with van der Waals surface area (Å²) in [5.41, 5.74) is 0.937. The Balaban J connectivity index is 2.33. The van der Waals surface area contributed by atoms with Crippen molar-refractivity contribution in [2.24, 2.45) is 0 Å². The molecular weight excluding hydrogens is 319 g/mol. The number of amides is 1. The molecule has 1 amide bonds. The summed E-state index contributed by atoms with van der Waals surface area (Å²) in [6.07, 6.45) is 3.59. The second-order valence-corrected chi connectivity index (χ2v) is 7.47. The lowest BCUT2D eigenvalue weighted by molar-refractivity contribution is -0.121. The highest BCUT2D eigenvalue weighted by atomic mass is 32.2. The Morgan fingerprint density at radius 1 is 1.22 bits per heavy atom. The van der Waals surface area contributed by atoms with Gasteiger partial charge in [-0.3, -0.25) is 4.79 Å². The number of carbonyl (C=O) groups excluding carboxylic acids is 1. The predicted molar refractivity (Wildman–Crippen MR) is 89.1 cm³/mol. The number of hydrogen-bond acceptors (Lipinski definition) is 3. The largest absolute Gasteiger partial charge is 0.356 e. The first kappa shape index (κ1) is 19.6. The van der Waals surface area contributed by atoms with Crippen molar-refractivity contribution in [2.75, 3.05) is 25.9 Å². The molecular formula is C16H25FN2O3S. The van der Waals surface area contributed by atoms with E-state index in [0.29, 0.717) is 19.5 Å². The summed E-state index contributed by atoms with van der Waals surface area (Å²) in [6, 6.07) is 6.12. The Bertz CT molecular complexity index is 588. The van der Waals surface area contributed by atoms with Gasteiger partial charge in [0.15, 0.2) is 0 Å². The minimum atomic E-state index is -3.28. The number of nitrogens with zero attached hydrogens (tertiary/aromatic N) is 1. The van der Waals surface area contributed by atoms with Crippen LogP contribution in [0.2, 0.25) is 0 Å². The molecule has 5 nitrogen and oxygen atoms in total. The Kier molecular flexibility index (Phi) is 8.19. The van der Waals surface area contributed by atoms with Crippen LogP contribution in [0.1, 0.15) is 31.7 Å². The van der Waals surface area contributed by atoms with Crippen LogP contribution < -0.4 is 5.32 Å². The third-order valence-electron chi connectivity index (χ3n) is 3.47. The zero-order valence-corrected chi connectivity index (χ0v) is 14.5. The fraction of sp³-hybridized carbons (Fsp3) is 0.562. The van der Waals surface area contributed by atoms with Crippen molar-refractivity contribution in [2.45, 2.75) is 32.6 Å². The van der Waals surface area contributed by atoms with Crippen molar-refractivity contribution < 1.29 is 17.6 Å². The summed E-state index contributed by atoms with van der Waals surface area (Å²) in [7, 11) is -3.28. The lowest BCUT2D eigenvalue weighted by Crippen LogP contribution is -2.35. The van der Waals surface area contributed by atoms with Crippen LogP contribution in [0.4, 0.5) is 4.39 Å². The van der Waals surface area contributed by atoms with Crippen molar-refractivity contribution in [3.63, 3.8) is 0 Å². The van der Waals surface area contributed by atoms with Crippen molar-refractivity contribution in [1.29, 1.82) is 0 Å². The fourth-order valence-electron chi connectivity index (χ4n) is 2.09. The SMILES string of the molecule is CCCCN(CCC(=O)NCCc1ccc(F)cc1)S(C)(=O)=O. The van der Waals surface area contributed by atoms with Gasteiger partial charge >= 0.3 is 0 Å². The van der Waals surface area contributed by atoms with Crippen LogP contribution in [0.15, 0.2) is 24.3 Å². The van der Waals surface area contributed by atoms with Gasteiger partial charge in [-0.15, -0.1) is 0 Å². The summed E-state index contributed by atoms with van der Waals surface area (Å²) in [6.45, 7) is 3.07. The van der Waals surface area contributed by atoms with Gasteiger partial charge < -0.3 is 5.32 Å². The van der Waals surface area contributed by atoms with Crippen LogP contribution in [0.25, 0.3) is 0 Å². The first-order chi connectivity index (χ1) is 10.8. The van der Waals surface area contributed by atoms with Gasteiger partial charge in [0.1, 0.15) is 5.82 Å². The number of hydrogen-bond donors (Lipinski definition) is 1. The lowest BCUT2D eigenvalue weighted by atomic mass is 10.1. The normalized spacial score (nSPS) is 11.7. The highest BCUT2D eigenvalue weighted by molar-refractivity contribution is 7.88. The maximum atomic E-state index is 12.8. The van der Waals surface area contributed by atoms with Crippen LogP contribution >= 0.6 is 0 Å². The topological polar surface area (TPSA) is 66.5 Å². The minimum Gasteiger partial charge on any atom is -0.356 e. The van der Waals surface area contributed by atoms with E-state index >= 15 is 0 Å². The third kappa shape index (κ3) is 8.08. The van der Waals surface area contributed by atoms with E-state index in [4.69, 9.17) is 0 Å². The molecule has 1 N–H and O–H groups in total. The zero-order chi connectivity index (χ0) is 17.3. The van der Waals surface area contributed by atoms with Gasteiger partial charge in [-0.25, -0.2) is 17.1 Å². The molecule has 0 spiro atoms. The second-order valence-electron chi connectivity index (χ2n) is 5.49. The summed E-state index contributed by atoms with van der Waals surface area (Å²) in [4.78, 5) is 11.8. The van der Waals surface area contributed by atoms with Gasteiger partial charge in [0, 0.05) is 26.1 Å². The fourth-order valence-corrected chi connectivity index (χ4v) is 2.97. The van der Waals surface area contributed by atoms with Gasteiger partial charge in [-0.1, -0.05) is 25.5 Å². The first-order valence-corrected chi connectivity index (χ1v) is 9.64. The molecule has 1 aromatic carbocycles. The van der Waals surface area contributed by atoms with Crippen molar-refractivity contribution in [3.05, 3.63) is 35.6 Å². The van der Waals surface area contributed by atoms with Crippen molar-refractivity contribution in [1.82, 2.24) is 9.62 Å². The van der Waals surface area contributed by atoms with Gasteiger partial charge in [0.25, 0.3) is 0 Å². The monoisotopic (exact) mass is 344 g/mol. The number of benzene rings is 1. The average molecular weight is 344 g/mol. The standard InChI is InChI=1S/C16H25FN2O3S/c1-3-4-12-19(23(2,21)22)13-10-16(20)18-11-9-14-5-7-15(17)8-6-14/h5-8H,3-4,9-13H2,1-2H3,(H,18,20). The maximum absolute atomic E-state index is 12.8. The molecule has 0 unspecified atom stereocenters. The number of rotatable bonds is 10. The Labute approximate surface area is 137 Å². The molecule has 0 heterocycles. The molecule has 0 fully saturated rings.